The van der Waals surface area contributed by atoms with Crippen molar-refractivity contribution >= 4 is 5.97 Å². The van der Waals surface area contributed by atoms with E-state index in [-0.39, 0.29) is 17.3 Å². The van der Waals surface area contributed by atoms with E-state index in [0.29, 0.717) is 17.8 Å². The molecule has 0 unspecified atom stereocenters. The molecule has 1 N–H and O–H groups in total. The molecule has 0 saturated heterocycles. The largest absolute Gasteiger partial charge is 0.459 e. The highest BCUT2D eigenvalue weighted by Gasteiger charge is 2.59. The van der Waals surface area contributed by atoms with E-state index in [1.54, 1.807) is 6.08 Å². The lowest BCUT2D eigenvalue weighted by molar-refractivity contribution is -0.200. The Balaban J connectivity index is 2.38. The Morgan fingerprint density at radius 2 is 1.92 bits per heavy atom. The molecule has 5 atom stereocenters. The Bertz CT molecular complexity index is 521. The van der Waals surface area contributed by atoms with E-state index in [4.69, 9.17) is 4.74 Å². The molecule has 3 heteroatoms. The summed E-state index contributed by atoms with van der Waals surface area (Å²) in [6, 6.07) is 0. The summed E-state index contributed by atoms with van der Waals surface area (Å²) >= 11 is 0. The standard InChI is InChI=1S/C22H38O3/c1-8-20(5,24)14-10-18-21(6)13-9-12-19(3,4)17(21)11-15-22(18,7)25-16(2)23/h8,17-18,24H,1,9-15H2,2-7H3/t17-,18+,20+,21-,22-/m1/s1. The first kappa shape index (κ1) is 20.5. The molecule has 2 aliphatic carbocycles. The molecule has 0 amide bonds. The van der Waals surface area contributed by atoms with E-state index in [0.717, 1.165) is 19.3 Å². The van der Waals surface area contributed by atoms with Crippen molar-refractivity contribution in [1.29, 1.82) is 0 Å². The van der Waals surface area contributed by atoms with Crippen molar-refractivity contribution in [2.75, 3.05) is 0 Å². The van der Waals surface area contributed by atoms with Gasteiger partial charge < -0.3 is 9.84 Å². The second-order valence-corrected chi connectivity index (χ2v) is 10.00. The fourth-order valence-electron chi connectivity index (χ4n) is 6.23. The van der Waals surface area contributed by atoms with Crippen molar-refractivity contribution < 1.29 is 14.6 Å². The van der Waals surface area contributed by atoms with Crippen molar-refractivity contribution in [1.82, 2.24) is 0 Å². The van der Waals surface area contributed by atoms with E-state index in [2.05, 4.69) is 34.3 Å². The topological polar surface area (TPSA) is 46.5 Å². The number of rotatable bonds is 5. The Hall–Kier alpha value is -0.830. The van der Waals surface area contributed by atoms with Crippen LogP contribution in [0.25, 0.3) is 0 Å². The number of hydrogen-bond acceptors (Lipinski definition) is 3. The van der Waals surface area contributed by atoms with E-state index in [1.165, 1.54) is 26.2 Å². The van der Waals surface area contributed by atoms with E-state index < -0.39 is 11.2 Å². The minimum absolute atomic E-state index is 0.140. The molecular formula is C22H38O3. The molecule has 2 aliphatic rings. The Labute approximate surface area is 154 Å². The number of esters is 1. The summed E-state index contributed by atoms with van der Waals surface area (Å²) < 4.78 is 5.93. The molecule has 0 aliphatic heterocycles. The minimum atomic E-state index is -0.870. The van der Waals surface area contributed by atoms with E-state index in [9.17, 15) is 9.90 Å². The van der Waals surface area contributed by atoms with Crippen LogP contribution in [0.15, 0.2) is 12.7 Å². The number of aliphatic hydroxyl groups is 1. The van der Waals surface area contributed by atoms with Gasteiger partial charge in [-0.15, -0.1) is 6.58 Å². The van der Waals surface area contributed by atoms with Gasteiger partial charge in [0.1, 0.15) is 5.60 Å². The van der Waals surface area contributed by atoms with E-state index in [1.807, 2.05) is 6.92 Å². The monoisotopic (exact) mass is 350 g/mol. The van der Waals surface area contributed by atoms with Crippen LogP contribution in [0.4, 0.5) is 0 Å². The lowest BCUT2D eigenvalue weighted by Gasteiger charge is -2.62. The van der Waals surface area contributed by atoms with Crippen molar-refractivity contribution in [3.05, 3.63) is 12.7 Å². The Kier molecular flexibility index (Phi) is 5.50. The van der Waals surface area contributed by atoms with Crippen LogP contribution in [0.2, 0.25) is 0 Å². The normalized spacial score (nSPS) is 39.8. The van der Waals surface area contributed by atoms with Crippen LogP contribution in [0, 0.1) is 22.7 Å². The molecule has 0 radical (unpaired) electrons. The lowest BCUT2D eigenvalue weighted by Crippen LogP contribution is -2.59. The van der Waals surface area contributed by atoms with Crippen LogP contribution in [0.3, 0.4) is 0 Å². The molecule has 2 fully saturated rings. The van der Waals surface area contributed by atoms with Crippen molar-refractivity contribution in [2.24, 2.45) is 22.7 Å². The summed E-state index contributed by atoms with van der Waals surface area (Å²) in [4.78, 5) is 11.8. The molecule has 25 heavy (non-hydrogen) atoms. The molecule has 144 valence electrons. The zero-order valence-corrected chi connectivity index (χ0v) is 17.2. The van der Waals surface area contributed by atoms with Crippen LogP contribution in [-0.4, -0.2) is 22.3 Å². The number of ether oxygens (including phenoxy) is 1. The zero-order chi connectivity index (χ0) is 19.1. The van der Waals surface area contributed by atoms with Crippen LogP contribution in [0.1, 0.15) is 86.5 Å². The van der Waals surface area contributed by atoms with E-state index >= 15 is 0 Å². The SMILES string of the molecule is C=C[C@](C)(O)CC[C@H]1[C@]2(C)CCCC(C)(C)[C@H]2CC[C@@]1(C)OC(C)=O. The quantitative estimate of drug-likeness (QED) is 0.543. The third-order valence-electron chi connectivity index (χ3n) is 7.49. The molecule has 2 saturated carbocycles. The number of carbonyl (C=O) groups excluding carboxylic acids is 1. The Morgan fingerprint density at radius 1 is 1.28 bits per heavy atom. The number of carbonyl (C=O) groups is 1. The minimum Gasteiger partial charge on any atom is -0.459 e. The summed E-state index contributed by atoms with van der Waals surface area (Å²) in [5.74, 6) is 0.699. The van der Waals surface area contributed by atoms with Crippen LogP contribution in [-0.2, 0) is 9.53 Å². The zero-order valence-electron chi connectivity index (χ0n) is 17.2. The van der Waals surface area contributed by atoms with Gasteiger partial charge in [-0.05, 0) is 69.1 Å². The van der Waals surface area contributed by atoms with Gasteiger partial charge in [0.15, 0.2) is 0 Å². The maximum atomic E-state index is 11.8. The van der Waals surface area contributed by atoms with Gasteiger partial charge in [0.25, 0.3) is 0 Å². The predicted octanol–water partition coefficient (Wildman–Crippen LogP) is 5.27. The van der Waals surface area contributed by atoms with Gasteiger partial charge in [-0.3, -0.25) is 4.79 Å². The molecule has 2 rings (SSSR count). The molecule has 0 spiro atoms. The van der Waals surface area contributed by atoms with Crippen molar-refractivity contribution in [2.45, 2.75) is 97.7 Å². The Morgan fingerprint density at radius 3 is 2.48 bits per heavy atom. The predicted molar refractivity (Wildman–Crippen MR) is 102 cm³/mol. The second kappa shape index (κ2) is 6.72. The fourth-order valence-corrected chi connectivity index (χ4v) is 6.23. The highest BCUT2D eigenvalue weighted by molar-refractivity contribution is 5.66. The molecule has 0 bridgehead atoms. The van der Waals surface area contributed by atoms with Gasteiger partial charge in [0.05, 0.1) is 5.60 Å². The summed E-state index contributed by atoms with van der Waals surface area (Å²) in [5, 5.41) is 10.5. The first-order valence-electron chi connectivity index (χ1n) is 9.92. The number of fused-ring (bicyclic) bond motifs is 1. The maximum absolute atomic E-state index is 11.8. The van der Waals surface area contributed by atoms with Gasteiger partial charge in [-0.2, -0.15) is 0 Å². The van der Waals surface area contributed by atoms with Gasteiger partial charge in [0.2, 0.25) is 0 Å². The summed E-state index contributed by atoms with van der Waals surface area (Å²) in [6.45, 7) is 16.4. The lowest BCUT2D eigenvalue weighted by atomic mass is 9.45. The van der Waals surface area contributed by atoms with Gasteiger partial charge >= 0.3 is 5.97 Å². The summed E-state index contributed by atoms with van der Waals surface area (Å²) in [5.41, 5.74) is -0.850. The number of hydrogen-bond donors (Lipinski definition) is 1. The highest BCUT2D eigenvalue weighted by Crippen LogP contribution is 2.63. The average Bonchev–Trinajstić information content (AvgIpc) is 2.44. The smallest absolute Gasteiger partial charge is 0.303 e. The molecule has 0 heterocycles. The highest BCUT2D eigenvalue weighted by atomic mass is 16.6. The molecule has 0 aromatic heterocycles. The van der Waals surface area contributed by atoms with Crippen LogP contribution in [0.5, 0.6) is 0 Å². The van der Waals surface area contributed by atoms with Gasteiger partial charge in [-0.1, -0.05) is 33.3 Å². The van der Waals surface area contributed by atoms with Gasteiger partial charge in [-0.25, -0.2) is 0 Å². The second-order valence-electron chi connectivity index (χ2n) is 10.00. The molecule has 0 aromatic carbocycles. The third-order valence-corrected chi connectivity index (χ3v) is 7.49. The summed E-state index contributed by atoms with van der Waals surface area (Å²) in [7, 11) is 0. The first-order valence-corrected chi connectivity index (χ1v) is 9.92. The molecular weight excluding hydrogens is 312 g/mol. The fraction of sp³-hybridized carbons (Fsp3) is 0.864. The van der Waals surface area contributed by atoms with Crippen molar-refractivity contribution in [3.8, 4) is 0 Å². The molecule has 0 aromatic rings. The third kappa shape index (κ3) is 3.97. The molecule has 3 nitrogen and oxygen atoms in total. The first-order chi connectivity index (χ1) is 11.4. The van der Waals surface area contributed by atoms with Crippen LogP contribution >= 0.6 is 0 Å². The van der Waals surface area contributed by atoms with Crippen molar-refractivity contribution in [3.63, 3.8) is 0 Å². The summed E-state index contributed by atoms with van der Waals surface area (Å²) in [6.07, 6.45) is 8.84. The maximum Gasteiger partial charge on any atom is 0.303 e. The van der Waals surface area contributed by atoms with Crippen LogP contribution < -0.4 is 0 Å². The van der Waals surface area contributed by atoms with Gasteiger partial charge in [0, 0.05) is 12.8 Å². The average molecular weight is 351 g/mol.